The molecule has 2 atom stereocenters. The SMILES string of the molecule is CNC(=O)C1CNCCN1C(C)c1cc2ccccc2o1. The van der Waals surface area contributed by atoms with Gasteiger partial charge in [-0.1, -0.05) is 18.2 Å². The van der Waals surface area contributed by atoms with Crippen molar-refractivity contribution in [2.45, 2.75) is 19.0 Å². The van der Waals surface area contributed by atoms with Gasteiger partial charge in [0.1, 0.15) is 17.4 Å². The molecule has 2 N–H and O–H groups in total. The summed E-state index contributed by atoms with van der Waals surface area (Å²) in [5, 5.41) is 7.13. The lowest BCUT2D eigenvalue weighted by Crippen LogP contribution is -2.57. The van der Waals surface area contributed by atoms with Crippen LogP contribution in [0, 0.1) is 0 Å². The van der Waals surface area contributed by atoms with E-state index < -0.39 is 0 Å². The fourth-order valence-corrected chi connectivity index (χ4v) is 2.97. The van der Waals surface area contributed by atoms with Gasteiger partial charge in [-0.2, -0.15) is 0 Å². The first kappa shape index (κ1) is 14.1. The highest BCUT2D eigenvalue weighted by atomic mass is 16.3. The van der Waals surface area contributed by atoms with Crippen molar-refractivity contribution < 1.29 is 9.21 Å². The molecule has 3 rings (SSSR count). The summed E-state index contributed by atoms with van der Waals surface area (Å²) in [6, 6.07) is 9.97. The van der Waals surface area contributed by atoms with Crippen LogP contribution in [0.5, 0.6) is 0 Å². The minimum atomic E-state index is -0.160. The van der Waals surface area contributed by atoms with E-state index in [0.717, 1.165) is 29.8 Å². The smallest absolute Gasteiger partial charge is 0.238 e. The molecule has 1 amide bonds. The minimum absolute atomic E-state index is 0.0464. The van der Waals surface area contributed by atoms with Crippen molar-refractivity contribution in [3.05, 3.63) is 36.1 Å². The Labute approximate surface area is 124 Å². The van der Waals surface area contributed by atoms with E-state index in [1.165, 1.54) is 0 Å². The first-order valence-electron chi connectivity index (χ1n) is 7.37. The Morgan fingerprint density at radius 1 is 1.48 bits per heavy atom. The number of amides is 1. The molecule has 5 nitrogen and oxygen atoms in total. The third kappa shape index (κ3) is 2.66. The predicted octanol–water partition coefficient (Wildman–Crippen LogP) is 1.51. The molecule has 1 aromatic carbocycles. The van der Waals surface area contributed by atoms with Gasteiger partial charge in [-0.05, 0) is 19.1 Å². The van der Waals surface area contributed by atoms with Gasteiger partial charge in [-0.15, -0.1) is 0 Å². The summed E-state index contributed by atoms with van der Waals surface area (Å²) < 4.78 is 5.95. The van der Waals surface area contributed by atoms with Crippen molar-refractivity contribution in [1.29, 1.82) is 0 Å². The van der Waals surface area contributed by atoms with Gasteiger partial charge in [0.2, 0.25) is 5.91 Å². The van der Waals surface area contributed by atoms with Gasteiger partial charge in [-0.25, -0.2) is 0 Å². The van der Waals surface area contributed by atoms with E-state index in [1.807, 2.05) is 24.3 Å². The van der Waals surface area contributed by atoms with Crippen molar-refractivity contribution in [3.63, 3.8) is 0 Å². The normalized spacial score (nSPS) is 21.3. The number of fused-ring (bicyclic) bond motifs is 1. The van der Waals surface area contributed by atoms with Crippen LogP contribution in [0.15, 0.2) is 34.7 Å². The maximum absolute atomic E-state index is 12.1. The number of benzene rings is 1. The Hall–Kier alpha value is -1.85. The van der Waals surface area contributed by atoms with Crippen LogP contribution in [-0.4, -0.2) is 43.5 Å². The van der Waals surface area contributed by atoms with E-state index in [1.54, 1.807) is 7.05 Å². The van der Waals surface area contributed by atoms with Gasteiger partial charge >= 0.3 is 0 Å². The van der Waals surface area contributed by atoms with Gasteiger partial charge in [0.05, 0.1) is 6.04 Å². The monoisotopic (exact) mass is 287 g/mol. The summed E-state index contributed by atoms with van der Waals surface area (Å²) in [7, 11) is 1.68. The van der Waals surface area contributed by atoms with Crippen LogP contribution >= 0.6 is 0 Å². The Morgan fingerprint density at radius 3 is 3.05 bits per heavy atom. The average Bonchev–Trinajstić information content (AvgIpc) is 2.97. The molecule has 112 valence electrons. The highest BCUT2D eigenvalue weighted by molar-refractivity contribution is 5.82. The summed E-state index contributed by atoms with van der Waals surface area (Å²) in [5.41, 5.74) is 0.894. The highest BCUT2D eigenvalue weighted by Crippen LogP contribution is 2.29. The van der Waals surface area contributed by atoms with Crippen molar-refractivity contribution in [3.8, 4) is 0 Å². The molecule has 5 heteroatoms. The van der Waals surface area contributed by atoms with Gasteiger partial charge < -0.3 is 15.1 Å². The number of likely N-dealkylation sites (N-methyl/N-ethyl adjacent to an activating group) is 1. The molecule has 2 aromatic rings. The van der Waals surface area contributed by atoms with Crippen LogP contribution in [0.4, 0.5) is 0 Å². The van der Waals surface area contributed by atoms with Crippen molar-refractivity contribution >= 4 is 16.9 Å². The Kier molecular flexibility index (Phi) is 3.94. The molecule has 2 heterocycles. The Balaban J connectivity index is 1.88. The molecule has 0 radical (unpaired) electrons. The van der Waals surface area contributed by atoms with E-state index in [9.17, 15) is 4.79 Å². The molecule has 1 aromatic heterocycles. The summed E-state index contributed by atoms with van der Waals surface area (Å²) in [6.45, 7) is 4.48. The van der Waals surface area contributed by atoms with E-state index in [-0.39, 0.29) is 18.0 Å². The Morgan fingerprint density at radius 2 is 2.29 bits per heavy atom. The zero-order chi connectivity index (χ0) is 14.8. The van der Waals surface area contributed by atoms with E-state index in [4.69, 9.17) is 4.42 Å². The predicted molar refractivity (Wildman–Crippen MR) is 82.1 cm³/mol. The third-order valence-electron chi connectivity index (χ3n) is 4.19. The van der Waals surface area contributed by atoms with Crippen LogP contribution in [0.2, 0.25) is 0 Å². The lowest BCUT2D eigenvalue weighted by molar-refractivity contribution is -0.127. The molecular weight excluding hydrogens is 266 g/mol. The van der Waals surface area contributed by atoms with Crippen LogP contribution in [0.1, 0.15) is 18.7 Å². The average molecular weight is 287 g/mol. The zero-order valence-electron chi connectivity index (χ0n) is 12.4. The Bertz CT molecular complexity index is 604. The molecule has 0 spiro atoms. The summed E-state index contributed by atoms with van der Waals surface area (Å²) in [4.78, 5) is 14.3. The number of para-hydroxylation sites is 1. The van der Waals surface area contributed by atoms with Crippen LogP contribution in [-0.2, 0) is 4.79 Å². The molecule has 0 saturated carbocycles. The van der Waals surface area contributed by atoms with Crippen LogP contribution in [0.25, 0.3) is 11.0 Å². The van der Waals surface area contributed by atoms with E-state index in [0.29, 0.717) is 6.54 Å². The number of carbonyl (C=O) groups excluding carboxylic acids is 1. The summed E-state index contributed by atoms with van der Waals surface area (Å²) >= 11 is 0. The maximum atomic E-state index is 12.1. The second-order valence-electron chi connectivity index (χ2n) is 5.43. The first-order chi connectivity index (χ1) is 10.2. The zero-order valence-corrected chi connectivity index (χ0v) is 12.4. The molecule has 1 saturated heterocycles. The van der Waals surface area contributed by atoms with E-state index >= 15 is 0 Å². The molecule has 1 aliphatic heterocycles. The number of nitrogens with zero attached hydrogens (tertiary/aromatic N) is 1. The fraction of sp³-hybridized carbons (Fsp3) is 0.438. The molecular formula is C16H21N3O2. The van der Waals surface area contributed by atoms with Gasteiger partial charge in [0, 0.05) is 32.1 Å². The van der Waals surface area contributed by atoms with Crippen LogP contribution in [0.3, 0.4) is 0 Å². The first-order valence-corrected chi connectivity index (χ1v) is 7.37. The van der Waals surface area contributed by atoms with Gasteiger partial charge in [0.25, 0.3) is 0 Å². The van der Waals surface area contributed by atoms with Crippen molar-refractivity contribution in [1.82, 2.24) is 15.5 Å². The number of rotatable bonds is 3. The van der Waals surface area contributed by atoms with Crippen molar-refractivity contribution in [2.24, 2.45) is 0 Å². The molecule has 0 aliphatic carbocycles. The maximum Gasteiger partial charge on any atom is 0.238 e. The van der Waals surface area contributed by atoms with E-state index in [2.05, 4.69) is 28.5 Å². The standard InChI is InChI=1S/C16H21N3O2/c1-11(15-9-12-5-3-4-6-14(12)21-15)19-8-7-18-10-13(19)16(20)17-2/h3-6,9,11,13,18H,7-8,10H2,1-2H3,(H,17,20). The summed E-state index contributed by atoms with van der Waals surface area (Å²) in [6.07, 6.45) is 0. The number of hydrogen-bond donors (Lipinski definition) is 2. The van der Waals surface area contributed by atoms with Crippen LogP contribution < -0.4 is 10.6 Å². The minimum Gasteiger partial charge on any atom is -0.459 e. The highest BCUT2D eigenvalue weighted by Gasteiger charge is 2.33. The lowest BCUT2D eigenvalue weighted by atomic mass is 10.1. The number of carbonyl (C=O) groups is 1. The fourth-order valence-electron chi connectivity index (χ4n) is 2.97. The number of hydrogen-bond acceptors (Lipinski definition) is 4. The molecule has 1 fully saturated rings. The number of furan rings is 1. The third-order valence-corrected chi connectivity index (χ3v) is 4.19. The largest absolute Gasteiger partial charge is 0.459 e. The number of nitrogens with one attached hydrogen (secondary N) is 2. The second kappa shape index (κ2) is 5.87. The second-order valence-corrected chi connectivity index (χ2v) is 5.43. The van der Waals surface area contributed by atoms with Gasteiger partial charge in [-0.3, -0.25) is 9.69 Å². The molecule has 1 aliphatic rings. The lowest BCUT2D eigenvalue weighted by Gasteiger charge is -2.38. The summed E-state index contributed by atoms with van der Waals surface area (Å²) in [5.74, 6) is 0.956. The van der Waals surface area contributed by atoms with Gasteiger partial charge in [0.15, 0.2) is 0 Å². The van der Waals surface area contributed by atoms with Crippen molar-refractivity contribution in [2.75, 3.05) is 26.7 Å². The number of piperazine rings is 1. The molecule has 0 bridgehead atoms. The molecule has 2 unspecified atom stereocenters. The quantitative estimate of drug-likeness (QED) is 0.898. The topological polar surface area (TPSA) is 57.5 Å². The molecule has 21 heavy (non-hydrogen) atoms.